The molecule has 37 heavy (non-hydrogen) atoms. The summed E-state index contributed by atoms with van der Waals surface area (Å²) in [6.07, 6.45) is 8.10. The van der Waals surface area contributed by atoms with Crippen molar-refractivity contribution in [1.29, 1.82) is 0 Å². The molecule has 3 aromatic rings. The maximum absolute atomic E-state index is 13.1. The summed E-state index contributed by atoms with van der Waals surface area (Å²) in [5.74, 6) is 1.01. The van der Waals surface area contributed by atoms with Crippen molar-refractivity contribution in [2.45, 2.75) is 30.8 Å². The molecule has 7 nitrogen and oxygen atoms in total. The molecule has 192 valence electrons. The number of piperidine rings is 1. The summed E-state index contributed by atoms with van der Waals surface area (Å²) in [5.41, 5.74) is 2.47. The number of benzene rings is 2. The van der Waals surface area contributed by atoms with Crippen molar-refractivity contribution in [3.63, 3.8) is 0 Å². The molecule has 9 heteroatoms. The maximum Gasteiger partial charge on any atom is 0.229 e. The number of hydrogen-bond donors (Lipinski definition) is 3. The first kappa shape index (κ1) is 26.5. The Morgan fingerprint density at radius 2 is 1.78 bits per heavy atom. The average Bonchev–Trinajstić information content (AvgIpc) is 2.92. The summed E-state index contributed by atoms with van der Waals surface area (Å²) < 4.78 is 15.5. The van der Waals surface area contributed by atoms with Crippen LogP contribution in [0, 0.1) is 11.7 Å². The van der Waals surface area contributed by atoms with E-state index in [1.807, 2.05) is 25.1 Å². The van der Waals surface area contributed by atoms with Gasteiger partial charge in [0.2, 0.25) is 5.95 Å². The molecule has 0 amide bonds. The SMILES string of the molecule is C=CN=C/C(=C\C)C(O)C1CCN(Sc2ccc(Nc3nccc(Nc4ccc(F)cc4)n3)cc2)CC1. The number of nitrogens with zero attached hydrogens (tertiary/aromatic N) is 4. The molecule has 1 fully saturated rings. The van der Waals surface area contributed by atoms with E-state index < -0.39 is 6.10 Å². The molecule has 4 rings (SSSR count). The highest BCUT2D eigenvalue weighted by Crippen LogP contribution is 2.32. The van der Waals surface area contributed by atoms with Gasteiger partial charge in [-0.15, -0.1) is 0 Å². The van der Waals surface area contributed by atoms with E-state index in [-0.39, 0.29) is 11.7 Å². The van der Waals surface area contributed by atoms with E-state index in [1.54, 1.807) is 42.6 Å². The zero-order chi connectivity index (χ0) is 26.0. The van der Waals surface area contributed by atoms with Gasteiger partial charge in [-0.2, -0.15) is 4.98 Å². The third-order valence-electron chi connectivity index (χ3n) is 6.07. The van der Waals surface area contributed by atoms with Gasteiger partial charge in [0.15, 0.2) is 0 Å². The maximum atomic E-state index is 13.1. The predicted molar refractivity (Wildman–Crippen MR) is 150 cm³/mol. The summed E-state index contributed by atoms with van der Waals surface area (Å²) in [5, 5.41) is 17.1. The molecular formula is C28H31FN6OS. The molecule has 0 aliphatic carbocycles. The monoisotopic (exact) mass is 518 g/mol. The zero-order valence-corrected chi connectivity index (χ0v) is 21.5. The predicted octanol–water partition coefficient (Wildman–Crippen LogP) is 6.34. The smallest absolute Gasteiger partial charge is 0.229 e. The number of aliphatic hydroxyl groups excluding tert-OH is 1. The number of aromatic nitrogens is 2. The van der Waals surface area contributed by atoms with E-state index in [1.165, 1.54) is 18.3 Å². The van der Waals surface area contributed by atoms with E-state index in [4.69, 9.17) is 0 Å². The van der Waals surface area contributed by atoms with Gasteiger partial charge in [0, 0.05) is 48.0 Å². The second-order valence-electron chi connectivity index (χ2n) is 8.60. The summed E-state index contributed by atoms with van der Waals surface area (Å²) in [7, 11) is 0. The first-order valence-electron chi connectivity index (χ1n) is 12.2. The highest BCUT2D eigenvalue weighted by molar-refractivity contribution is 7.97. The summed E-state index contributed by atoms with van der Waals surface area (Å²) in [4.78, 5) is 14.0. The zero-order valence-electron chi connectivity index (χ0n) is 20.7. The molecule has 1 aliphatic heterocycles. The van der Waals surface area contributed by atoms with Gasteiger partial charge in [-0.3, -0.25) is 4.99 Å². The van der Waals surface area contributed by atoms with Crippen molar-refractivity contribution >= 4 is 41.3 Å². The van der Waals surface area contributed by atoms with Gasteiger partial charge in [0.05, 0.1) is 6.10 Å². The van der Waals surface area contributed by atoms with Crippen LogP contribution in [0.1, 0.15) is 19.8 Å². The Morgan fingerprint density at radius 1 is 1.11 bits per heavy atom. The Kier molecular flexibility index (Phi) is 9.42. The lowest BCUT2D eigenvalue weighted by molar-refractivity contribution is 0.111. The molecule has 0 saturated carbocycles. The van der Waals surface area contributed by atoms with Crippen LogP contribution in [0.5, 0.6) is 0 Å². The lowest BCUT2D eigenvalue weighted by Crippen LogP contribution is -2.35. The second kappa shape index (κ2) is 13.1. The van der Waals surface area contributed by atoms with Crippen molar-refractivity contribution in [1.82, 2.24) is 14.3 Å². The number of aliphatic imine (C=N–C) groups is 1. The average molecular weight is 519 g/mol. The summed E-state index contributed by atoms with van der Waals surface area (Å²) in [6, 6.07) is 16.0. The number of anilines is 4. The molecule has 1 aromatic heterocycles. The van der Waals surface area contributed by atoms with Gasteiger partial charge >= 0.3 is 0 Å². The van der Waals surface area contributed by atoms with Crippen LogP contribution in [0.15, 0.2) is 95.1 Å². The van der Waals surface area contributed by atoms with E-state index in [0.717, 1.165) is 47.8 Å². The molecule has 1 atom stereocenters. The number of rotatable bonds is 10. The third-order valence-corrected chi connectivity index (χ3v) is 7.17. The third kappa shape index (κ3) is 7.72. The van der Waals surface area contributed by atoms with Crippen LogP contribution in [0.2, 0.25) is 0 Å². The van der Waals surface area contributed by atoms with Crippen molar-refractivity contribution < 1.29 is 9.50 Å². The largest absolute Gasteiger partial charge is 0.388 e. The van der Waals surface area contributed by atoms with Crippen LogP contribution in [-0.4, -0.2) is 44.8 Å². The lowest BCUT2D eigenvalue weighted by Gasteiger charge is -2.33. The Balaban J connectivity index is 1.28. The van der Waals surface area contributed by atoms with E-state index in [2.05, 4.69) is 48.6 Å². The molecule has 2 heterocycles. The van der Waals surface area contributed by atoms with Crippen molar-refractivity contribution in [2.24, 2.45) is 10.9 Å². The molecule has 0 spiro atoms. The minimum atomic E-state index is -0.502. The number of halogens is 1. The highest BCUT2D eigenvalue weighted by Gasteiger charge is 2.27. The fourth-order valence-corrected chi connectivity index (χ4v) is 5.01. The summed E-state index contributed by atoms with van der Waals surface area (Å²) >= 11 is 1.73. The minimum Gasteiger partial charge on any atom is -0.388 e. The number of aliphatic hydroxyl groups is 1. The van der Waals surface area contributed by atoms with Crippen LogP contribution in [0.4, 0.5) is 27.5 Å². The molecule has 3 N–H and O–H groups in total. The molecule has 1 unspecified atom stereocenters. The van der Waals surface area contributed by atoms with E-state index in [9.17, 15) is 9.50 Å². The normalized spacial score (nSPS) is 16.0. The van der Waals surface area contributed by atoms with E-state index >= 15 is 0 Å². The number of hydrogen-bond acceptors (Lipinski definition) is 8. The Hall–Kier alpha value is -3.53. The minimum absolute atomic E-state index is 0.221. The van der Waals surface area contributed by atoms with Gasteiger partial charge in [-0.05, 0) is 97.8 Å². The molecule has 2 aromatic carbocycles. The topological polar surface area (TPSA) is 85.7 Å². The number of allylic oxidation sites excluding steroid dienone is 1. The van der Waals surface area contributed by atoms with Crippen molar-refractivity contribution in [3.05, 3.63) is 91.0 Å². The standard InChI is InChI=1S/C28H31FN6OS/c1-3-20(19-30-4-2)27(36)21-14-17-35(18-15-21)37-25-11-9-24(10-12-25)33-28-31-16-13-26(34-28)32-23-7-5-22(29)6-8-23/h3-13,16,19,21,27,36H,2,14-15,17-18H2,1H3,(H2,31,32,33,34)/b20-3+,30-19?. The van der Waals surface area contributed by atoms with Crippen molar-refractivity contribution in [2.75, 3.05) is 23.7 Å². The van der Waals surface area contributed by atoms with Crippen LogP contribution in [-0.2, 0) is 0 Å². The Labute approximate surface area is 221 Å². The van der Waals surface area contributed by atoms with Gasteiger partial charge in [-0.1, -0.05) is 12.7 Å². The molecule has 0 bridgehead atoms. The van der Waals surface area contributed by atoms with Crippen LogP contribution in [0.3, 0.4) is 0 Å². The lowest BCUT2D eigenvalue weighted by atomic mass is 9.88. The fraction of sp³-hybridized carbons (Fsp3) is 0.250. The first-order chi connectivity index (χ1) is 18.0. The number of nitrogens with one attached hydrogen (secondary N) is 2. The van der Waals surface area contributed by atoms with Crippen LogP contribution < -0.4 is 10.6 Å². The Morgan fingerprint density at radius 3 is 2.46 bits per heavy atom. The van der Waals surface area contributed by atoms with Crippen molar-refractivity contribution in [3.8, 4) is 0 Å². The van der Waals surface area contributed by atoms with Gasteiger partial charge in [0.1, 0.15) is 11.6 Å². The van der Waals surface area contributed by atoms with Gasteiger partial charge in [0.25, 0.3) is 0 Å². The van der Waals surface area contributed by atoms with Gasteiger partial charge < -0.3 is 15.7 Å². The molecular weight excluding hydrogens is 487 g/mol. The Bertz CT molecular complexity index is 1220. The second-order valence-corrected chi connectivity index (χ2v) is 9.77. The molecule has 0 radical (unpaired) electrons. The van der Waals surface area contributed by atoms with E-state index in [0.29, 0.717) is 11.8 Å². The highest BCUT2D eigenvalue weighted by atomic mass is 32.2. The molecule has 1 saturated heterocycles. The quantitative estimate of drug-likeness (QED) is 0.213. The van der Waals surface area contributed by atoms with Gasteiger partial charge in [-0.25, -0.2) is 13.7 Å². The fourth-order valence-electron chi connectivity index (χ4n) is 4.06. The molecule has 1 aliphatic rings. The summed E-state index contributed by atoms with van der Waals surface area (Å²) in [6.45, 7) is 7.33. The van der Waals surface area contributed by atoms with Crippen LogP contribution >= 0.6 is 11.9 Å². The van der Waals surface area contributed by atoms with Crippen LogP contribution in [0.25, 0.3) is 0 Å². The first-order valence-corrected chi connectivity index (χ1v) is 13.0.